The number of nitrogens with one attached hydrogen (secondary N) is 3. The van der Waals surface area contributed by atoms with Crippen LogP contribution in [0, 0.1) is 0 Å². The highest BCUT2D eigenvalue weighted by molar-refractivity contribution is 5.97. The van der Waals surface area contributed by atoms with Crippen molar-refractivity contribution in [2.45, 2.75) is 64.3 Å². The molecule has 0 aliphatic carbocycles. The van der Waals surface area contributed by atoms with Gasteiger partial charge in [0.1, 0.15) is 17.2 Å². The third-order valence-electron chi connectivity index (χ3n) is 4.58. The van der Waals surface area contributed by atoms with Crippen molar-refractivity contribution in [1.82, 2.24) is 16.0 Å². The summed E-state index contributed by atoms with van der Waals surface area (Å²) in [6.07, 6.45) is -0.416. The quantitative estimate of drug-likeness (QED) is 0.501. The average Bonchev–Trinajstić information content (AvgIpc) is 3.42. The highest BCUT2D eigenvalue weighted by Crippen LogP contribution is 2.29. The smallest absolute Gasteiger partial charge is 0.408 e. The summed E-state index contributed by atoms with van der Waals surface area (Å²) in [5.41, 5.74) is -0.686. The fourth-order valence-corrected chi connectivity index (χ4v) is 2.79. The van der Waals surface area contributed by atoms with Crippen molar-refractivity contribution in [1.29, 1.82) is 0 Å². The molecule has 1 saturated heterocycles. The van der Waals surface area contributed by atoms with Gasteiger partial charge in [0, 0.05) is 0 Å². The third-order valence-corrected chi connectivity index (χ3v) is 4.58. The predicted octanol–water partition coefficient (Wildman–Crippen LogP) is 1.10. The van der Waals surface area contributed by atoms with Crippen LogP contribution in [0.1, 0.15) is 40.2 Å². The predicted molar refractivity (Wildman–Crippen MR) is 113 cm³/mol. The van der Waals surface area contributed by atoms with Crippen molar-refractivity contribution in [2.75, 3.05) is 13.2 Å². The minimum atomic E-state index is -0.900. The Hall–Kier alpha value is -2.94. The Kier molecular flexibility index (Phi) is 7.78. The number of benzene rings is 1. The average molecular weight is 434 g/mol. The molecule has 1 aromatic rings. The molecule has 1 heterocycles. The molecule has 31 heavy (non-hydrogen) atoms. The van der Waals surface area contributed by atoms with Gasteiger partial charge in [-0.2, -0.15) is 0 Å². The number of Topliss-reactive ketones (excluding diaryl/α,β-unsaturated/α-hetero) is 1. The molecule has 2 rings (SSSR count). The molecule has 1 fully saturated rings. The molecule has 0 spiro atoms. The number of ether oxygens (including phenoxy) is 2. The van der Waals surface area contributed by atoms with E-state index in [-0.39, 0.29) is 12.3 Å². The summed E-state index contributed by atoms with van der Waals surface area (Å²) in [6, 6.07) is 7.63. The topological polar surface area (TPSA) is 126 Å². The zero-order chi connectivity index (χ0) is 23.2. The van der Waals surface area contributed by atoms with Crippen LogP contribution in [0.4, 0.5) is 4.79 Å². The molecular weight excluding hydrogens is 402 g/mol. The van der Waals surface area contributed by atoms with E-state index < -0.39 is 41.2 Å². The number of carbonyl (C=O) groups excluding carboxylic acids is 4. The van der Waals surface area contributed by atoms with E-state index in [2.05, 4.69) is 16.0 Å². The van der Waals surface area contributed by atoms with Gasteiger partial charge in [0.15, 0.2) is 5.78 Å². The number of hydrogen-bond donors (Lipinski definition) is 3. The molecular formula is C22H31N3O6. The third kappa shape index (κ3) is 8.01. The van der Waals surface area contributed by atoms with Gasteiger partial charge >= 0.3 is 6.09 Å². The van der Waals surface area contributed by atoms with Crippen LogP contribution < -0.4 is 16.0 Å². The summed E-state index contributed by atoms with van der Waals surface area (Å²) in [5, 5.41) is 7.54. The molecule has 0 saturated carbocycles. The van der Waals surface area contributed by atoms with Crippen molar-refractivity contribution in [3.63, 3.8) is 0 Å². The van der Waals surface area contributed by atoms with E-state index in [4.69, 9.17) is 9.47 Å². The molecule has 1 aliphatic heterocycles. The maximum Gasteiger partial charge on any atom is 0.408 e. The van der Waals surface area contributed by atoms with Gasteiger partial charge in [-0.15, -0.1) is 0 Å². The molecule has 0 aromatic heterocycles. The summed E-state index contributed by atoms with van der Waals surface area (Å²) in [5.74, 6) is -1.28. The number of carbonyl (C=O) groups is 4. The number of ketones is 1. The Balaban J connectivity index is 1.88. The lowest BCUT2D eigenvalue weighted by Crippen LogP contribution is -2.52. The maximum atomic E-state index is 12.8. The molecule has 3 amide bonds. The van der Waals surface area contributed by atoms with Crippen molar-refractivity contribution >= 4 is 23.7 Å². The summed E-state index contributed by atoms with van der Waals surface area (Å²) >= 11 is 0. The zero-order valence-corrected chi connectivity index (χ0v) is 18.6. The van der Waals surface area contributed by atoms with Crippen molar-refractivity contribution < 1.29 is 28.7 Å². The van der Waals surface area contributed by atoms with Crippen LogP contribution in [-0.2, 0) is 30.3 Å². The van der Waals surface area contributed by atoms with E-state index >= 15 is 0 Å². The first-order chi connectivity index (χ1) is 14.4. The van der Waals surface area contributed by atoms with Gasteiger partial charge < -0.3 is 25.4 Å². The number of alkyl carbamates (subject to hydrolysis) is 1. The van der Waals surface area contributed by atoms with E-state index in [0.717, 1.165) is 5.56 Å². The molecule has 3 atom stereocenters. The monoisotopic (exact) mass is 433 g/mol. The largest absolute Gasteiger partial charge is 0.444 e. The zero-order valence-electron chi connectivity index (χ0n) is 18.6. The number of rotatable bonds is 9. The summed E-state index contributed by atoms with van der Waals surface area (Å²) in [4.78, 5) is 49.1. The second-order valence-corrected chi connectivity index (χ2v) is 8.78. The van der Waals surface area contributed by atoms with Crippen molar-refractivity contribution in [3.05, 3.63) is 35.9 Å². The van der Waals surface area contributed by atoms with Gasteiger partial charge in [0.2, 0.25) is 11.8 Å². The van der Waals surface area contributed by atoms with Crippen LogP contribution in [0.3, 0.4) is 0 Å². The Morgan fingerprint density at radius 1 is 1.13 bits per heavy atom. The number of hydrogen-bond acceptors (Lipinski definition) is 6. The highest BCUT2D eigenvalue weighted by atomic mass is 16.6. The first-order valence-electron chi connectivity index (χ1n) is 10.2. The summed E-state index contributed by atoms with van der Waals surface area (Å²) in [6.45, 7) is 8.27. The Labute approximate surface area is 182 Å². The van der Waals surface area contributed by atoms with Gasteiger partial charge in [0.05, 0.1) is 19.2 Å². The van der Waals surface area contributed by atoms with Crippen LogP contribution >= 0.6 is 0 Å². The lowest BCUT2D eigenvalue weighted by molar-refractivity contribution is -0.131. The van der Waals surface area contributed by atoms with Gasteiger partial charge in [0.25, 0.3) is 0 Å². The van der Waals surface area contributed by atoms with Crippen molar-refractivity contribution in [2.24, 2.45) is 0 Å². The molecule has 1 aliphatic rings. The van der Waals surface area contributed by atoms with E-state index in [1.165, 1.54) is 6.92 Å². The van der Waals surface area contributed by atoms with E-state index in [1.54, 1.807) is 27.7 Å². The van der Waals surface area contributed by atoms with Crippen LogP contribution in [0.25, 0.3) is 0 Å². The fraction of sp³-hybridized carbons (Fsp3) is 0.545. The molecule has 3 N–H and O–H groups in total. The van der Waals surface area contributed by atoms with Crippen LogP contribution in [0.5, 0.6) is 0 Å². The first-order valence-corrected chi connectivity index (χ1v) is 10.2. The maximum absolute atomic E-state index is 12.8. The normalized spacial score (nSPS) is 19.5. The van der Waals surface area contributed by atoms with E-state index in [9.17, 15) is 19.2 Å². The fourth-order valence-electron chi connectivity index (χ4n) is 2.79. The molecule has 9 nitrogen and oxygen atoms in total. The van der Waals surface area contributed by atoms with Gasteiger partial charge in [-0.25, -0.2) is 4.79 Å². The van der Waals surface area contributed by atoms with E-state index in [0.29, 0.717) is 13.0 Å². The Morgan fingerprint density at radius 2 is 1.74 bits per heavy atom. The first kappa shape index (κ1) is 24.3. The number of amides is 3. The van der Waals surface area contributed by atoms with Gasteiger partial charge in [-0.3, -0.25) is 14.4 Å². The standard InChI is InChI=1S/C22H31N3O6/c1-14(24-20(29)31-21(2,3)4)19(28)23-12-17(26)25-16(18(27)22(5)13-30-22)11-15-9-7-6-8-10-15/h6-10,14,16H,11-13H2,1-5H3,(H,23,28)(H,24,29)(H,25,26). The van der Waals surface area contributed by atoms with Crippen LogP contribution in [-0.4, -0.2) is 60.1 Å². The van der Waals surface area contributed by atoms with Gasteiger partial charge in [-0.1, -0.05) is 30.3 Å². The van der Waals surface area contributed by atoms with Crippen LogP contribution in [0.15, 0.2) is 30.3 Å². The molecule has 9 heteroatoms. The second-order valence-electron chi connectivity index (χ2n) is 8.78. The molecule has 170 valence electrons. The lowest BCUT2D eigenvalue weighted by atomic mass is 9.95. The summed E-state index contributed by atoms with van der Waals surface area (Å²) < 4.78 is 10.3. The molecule has 0 radical (unpaired) electrons. The SMILES string of the molecule is CC(NC(=O)OC(C)(C)C)C(=O)NCC(=O)NC(Cc1ccccc1)C(=O)C1(C)CO1. The Bertz CT molecular complexity index is 814. The minimum Gasteiger partial charge on any atom is -0.444 e. The molecule has 1 aromatic carbocycles. The van der Waals surface area contributed by atoms with Crippen molar-refractivity contribution in [3.8, 4) is 0 Å². The highest BCUT2D eigenvalue weighted by Gasteiger charge is 2.50. The van der Waals surface area contributed by atoms with Gasteiger partial charge in [-0.05, 0) is 46.6 Å². The van der Waals surface area contributed by atoms with Crippen LogP contribution in [0.2, 0.25) is 0 Å². The van der Waals surface area contributed by atoms with E-state index in [1.807, 2.05) is 30.3 Å². The second kappa shape index (κ2) is 9.91. The molecule has 0 bridgehead atoms. The minimum absolute atomic E-state index is 0.212. The number of epoxide rings is 1. The lowest BCUT2D eigenvalue weighted by Gasteiger charge is -2.22. The Morgan fingerprint density at radius 3 is 2.29 bits per heavy atom. The summed E-state index contributed by atoms with van der Waals surface area (Å²) in [7, 11) is 0. The molecule has 3 unspecified atom stereocenters.